The number of hydrogen-bond acceptors (Lipinski definition) is 2. The molecule has 15 heavy (non-hydrogen) atoms. The van der Waals surface area contributed by atoms with E-state index in [-0.39, 0.29) is 0 Å². The Bertz CT molecular complexity index is 294. The Kier molecular flexibility index (Phi) is 4.79. The number of nitrogens with two attached hydrogens (primary N) is 1. The van der Waals surface area contributed by atoms with E-state index < -0.39 is 0 Å². The highest BCUT2D eigenvalue weighted by Gasteiger charge is 2.10. The van der Waals surface area contributed by atoms with Gasteiger partial charge in [0, 0.05) is 19.1 Å². The summed E-state index contributed by atoms with van der Waals surface area (Å²) in [6.07, 6.45) is 0. The molecule has 1 aromatic rings. The summed E-state index contributed by atoms with van der Waals surface area (Å²) in [5, 5.41) is 3.50. The number of aryl methyl sites for hydroxylation is 1. The molecule has 0 aliphatic carbocycles. The first-order valence-electron chi connectivity index (χ1n) is 5.63. The van der Waals surface area contributed by atoms with E-state index in [1.807, 2.05) is 0 Å². The molecule has 84 valence electrons. The maximum atomic E-state index is 5.71. The van der Waals surface area contributed by atoms with Crippen LogP contribution in [0.1, 0.15) is 25.0 Å². The van der Waals surface area contributed by atoms with Gasteiger partial charge in [0.05, 0.1) is 0 Å². The Hall–Kier alpha value is -0.860. The standard InChI is InChI=1S/C13H22N2/c1-10(2)13(8-14)15-9-12-7-5-4-6-11(12)3/h4-7,10,13,15H,8-9,14H2,1-3H3. The molecule has 0 radical (unpaired) electrons. The smallest absolute Gasteiger partial charge is 0.0216 e. The topological polar surface area (TPSA) is 38.0 Å². The molecule has 2 nitrogen and oxygen atoms in total. The second-order valence-electron chi connectivity index (χ2n) is 4.39. The number of hydrogen-bond donors (Lipinski definition) is 2. The molecule has 0 heterocycles. The van der Waals surface area contributed by atoms with Gasteiger partial charge in [-0.3, -0.25) is 0 Å². The first kappa shape index (κ1) is 12.2. The van der Waals surface area contributed by atoms with Gasteiger partial charge in [0.1, 0.15) is 0 Å². The molecule has 0 bridgehead atoms. The molecule has 0 fully saturated rings. The van der Waals surface area contributed by atoms with Gasteiger partial charge >= 0.3 is 0 Å². The van der Waals surface area contributed by atoms with Gasteiger partial charge in [0.15, 0.2) is 0 Å². The van der Waals surface area contributed by atoms with Crippen molar-refractivity contribution in [3.05, 3.63) is 35.4 Å². The Morgan fingerprint density at radius 1 is 1.27 bits per heavy atom. The summed E-state index contributed by atoms with van der Waals surface area (Å²) < 4.78 is 0. The monoisotopic (exact) mass is 206 g/mol. The molecular weight excluding hydrogens is 184 g/mol. The van der Waals surface area contributed by atoms with Crippen molar-refractivity contribution in [2.75, 3.05) is 6.54 Å². The molecule has 0 saturated carbocycles. The van der Waals surface area contributed by atoms with Gasteiger partial charge in [-0.1, -0.05) is 38.1 Å². The van der Waals surface area contributed by atoms with Crippen LogP contribution in [-0.2, 0) is 6.54 Å². The van der Waals surface area contributed by atoms with E-state index in [2.05, 4.69) is 50.4 Å². The zero-order valence-electron chi connectivity index (χ0n) is 9.96. The van der Waals surface area contributed by atoms with Crippen molar-refractivity contribution in [1.29, 1.82) is 0 Å². The maximum absolute atomic E-state index is 5.71. The molecule has 1 aromatic carbocycles. The van der Waals surface area contributed by atoms with Gasteiger partial charge in [0.2, 0.25) is 0 Å². The highest BCUT2D eigenvalue weighted by molar-refractivity contribution is 5.25. The summed E-state index contributed by atoms with van der Waals surface area (Å²) in [6, 6.07) is 8.86. The quantitative estimate of drug-likeness (QED) is 0.774. The average molecular weight is 206 g/mol. The molecule has 2 heteroatoms. The Labute approximate surface area is 92.9 Å². The summed E-state index contributed by atoms with van der Waals surface area (Å²) in [5.74, 6) is 0.582. The van der Waals surface area contributed by atoms with Crippen LogP contribution in [0.3, 0.4) is 0 Å². The third-order valence-electron chi connectivity index (χ3n) is 2.87. The van der Waals surface area contributed by atoms with Gasteiger partial charge in [-0.2, -0.15) is 0 Å². The van der Waals surface area contributed by atoms with Crippen molar-refractivity contribution in [2.24, 2.45) is 11.7 Å². The first-order chi connectivity index (χ1) is 7.15. The van der Waals surface area contributed by atoms with Crippen LogP contribution in [0.25, 0.3) is 0 Å². The summed E-state index contributed by atoms with van der Waals surface area (Å²) in [4.78, 5) is 0. The molecule has 0 aliphatic rings. The van der Waals surface area contributed by atoms with E-state index in [4.69, 9.17) is 5.73 Å². The molecule has 3 N–H and O–H groups in total. The lowest BCUT2D eigenvalue weighted by atomic mass is 10.0. The summed E-state index contributed by atoms with van der Waals surface area (Å²) >= 11 is 0. The minimum atomic E-state index is 0.407. The number of rotatable bonds is 5. The predicted molar refractivity (Wildman–Crippen MR) is 65.7 cm³/mol. The van der Waals surface area contributed by atoms with Crippen molar-refractivity contribution in [3.8, 4) is 0 Å². The van der Waals surface area contributed by atoms with E-state index in [0.29, 0.717) is 18.5 Å². The molecule has 0 aromatic heterocycles. The largest absolute Gasteiger partial charge is 0.329 e. The summed E-state index contributed by atoms with van der Waals surface area (Å²) in [5.41, 5.74) is 8.41. The summed E-state index contributed by atoms with van der Waals surface area (Å²) in [6.45, 7) is 8.14. The molecule has 0 amide bonds. The fourth-order valence-electron chi connectivity index (χ4n) is 1.64. The van der Waals surface area contributed by atoms with E-state index in [1.165, 1.54) is 11.1 Å². The fraction of sp³-hybridized carbons (Fsp3) is 0.538. The lowest BCUT2D eigenvalue weighted by Gasteiger charge is -2.21. The van der Waals surface area contributed by atoms with Crippen LogP contribution in [0.15, 0.2) is 24.3 Å². The van der Waals surface area contributed by atoms with Crippen molar-refractivity contribution < 1.29 is 0 Å². The molecule has 0 saturated heterocycles. The number of nitrogens with one attached hydrogen (secondary N) is 1. The Balaban J connectivity index is 2.53. The third kappa shape index (κ3) is 3.65. The normalized spacial score (nSPS) is 13.1. The van der Waals surface area contributed by atoms with Gasteiger partial charge in [0.25, 0.3) is 0 Å². The molecule has 1 rings (SSSR count). The second kappa shape index (κ2) is 5.89. The zero-order valence-corrected chi connectivity index (χ0v) is 9.96. The fourth-order valence-corrected chi connectivity index (χ4v) is 1.64. The van der Waals surface area contributed by atoms with E-state index in [0.717, 1.165) is 6.54 Å². The second-order valence-corrected chi connectivity index (χ2v) is 4.39. The van der Waals surface area contributed by atoms with Crippen LogP contribution in [0.5, 0.6) is 0 Å². The van der Waals surface area contributed by atoms with Gasteiger partial charge in [-0.05, 0) is 24.0 Å². The highest BCUT2D eigenvalue weighted by Crippen LogP contribution is 2.08. The Morgan fingerprint density at radius 2 is 1.93 bits per heavy atom. The maximum Gasteiger partial charge on any atom is 0.0216 e. The highest BCUT2D eigenvalue weighted by atomic mass is 14.9. The van der Waals surface area contributed by atoms with Crippen molar-refractivity contribution >= 4 is 0 Å². The third-order valence-corrected chi connectivity index (χ3v) is 2.87. The van der Waals surface area contributed by atoms with Crippen LogP contribution in [-0.4, -0.2) is 12.6 Å². The van der Waals surface area contributed by atoms with Crippen molar-refractivity contribution in [3.63, 3.8) is 0 Å². The first-order valence-corrected chi connectivity index (χ1v) is 5.63. The van der Waals surface area contributed by atoms with Crippen LogP contribution in [0.2, 0.25) is 0 Å². The van der Waals surface area contributed by atoms with E-state index >= 15 is 0 Å². The molecule has 1 unspecified atom stereocenters. The SMILES string of the molecule is Cc1ccccc1CNC(CN)C(C)C. The van der Waals surface area contributed by atoms with Crippen molar-refractivity contribution in [2.45, 2.75) is 33.4 Å². The zero-order chi connectivity index (χ0) is 11.3. The van der Waals surface area contributed by atoms with Gasteiger partial charge in [-0.25, -0.2) is 0 Å². The number of benzene rings is 1. The summed E-state index contributed by atoms with van der Waals surface area (Å²) in [7, 11) is 0. The molecule has 1 atom stereocenters. The van der Waals surface area contributed by atoms with E-state index in [9.17, 15) is 0 Å². The predicted octanol–water partition coefficient (Wildman–Crippen LogP) is 2.07. The average Bonchev–Trinajstić information content (AvgIpc) is 2.21. The minimum absolute atomic E-state index is 0.407. The van der Waals surface area contributed by atoms with Crippen LogP contribution in [0, 0.1) is 12.8 Å². The van der Waals surface area contributed by atoms with Crippen LogP contribution >= 0.6 is 0 Å². The van der Waals surface area contributed by atoms with Gasteiger partial charge < -0.3 is 11.1 Å². The van der Waals surface area contributed by atoms with Crippen molar-refractivity contribution in [1.82, 2.24) is 5.32 Å². The molecule has 0 aliphatic heterocycles. The van der Waals surface area contributed by atoms with Crippen LogP contribution < -0.4 is 11.1 Å². The molecule has 0 spiro atoms. The minimum Gasteiger partial charge on any atom is -0.329 e. The lowest BCUT2D eigenvalue weighted by molar-refractivity contribution is 0.404. The Morgan fingerprint density at radius 3 is 2.47 bits per heavy atom. The van der Waals surface area contributed by atoms with E-state index in [1.54, 1.807) is 0 Å². The lowest BCUT2D eigenvalue weighted by Crippen LogP contribution is -2.39. The van der Waals surface area contributed by atoms with Crippen LogP contribution in [0.4, 0.5) is 0 Å². The molecular formula is C13H22N2. The van der Waals surface area contributed by atoms with Gasteiger partial charge in [-0.15, -0.1) is 0 Å².